The van der Waals surface area contributed by atoms with Gasteiger partial charge in [0.25, 0.3) is 0 Å². The first-order valence-corrected chi connectivity index (χ1v) is 20.7. The lowest BCUT2D eigenvalue weighted by molar-refractivity contribution is 1.14. The fourth-order valence-corrected chi connectivity index (χ4v) is 8.23. The second-order valence-electron chi connectivity index (χ2n) is 15.6. The van der Waals surface area contributed by atoms with Crippen LogP contribution in [0, 0.1) is 13.8 Å². The third kappa shape index (κ3) is 7.03. The van der Waals surface area contributed by atoms with E-state index >= 15 is 0 Å². The van der Waals surface area contributed by atoms with Gasteiger partial charge in [-0.3, -0.25) is 0 Å². The molecule has 0 fully saturated rings. The molecule has 0 unspecified atom stereocenters. The zero-order valence-corrected chi connectivity index (χ0v) is 34.0. The highest BCUT2D eigenvalue weighted by Crippen LogP contribution is 2.40. The summed E-state index contributed by atoms with van der Waals surface area (Å²) in [5, 5.41) is 2.49. The van der Waals surface area contributed by atoms with Gasteiger partial charge in [0.1, 0.15) is 0 Å². The maximum absolute atomic E-state index is 5.08. The van der Waals surface area contributed by atoms with Gasteiger partial charge in [-0.1, -0.05) is 145 Å². The highest BCUT2D eigenvalue weighted by molar-refractivity contribution is 6.11. The zero-order valence-electron chi connectivity index (χ0n) is 34.0. The Morgan fingerprint density at radius 2 is 0.883 bits per heavy atom. The molecule has 10 rings (SSSR count). The van der Waals surface area contributed by atoms with Crippen molar-refractivity contribution in [2.45, 2.75) is 27.2 Å². The summed E-state index contributed by atoms with van der Waals surface area (Å²) in [6.45, 7) is 6.43. The lowest BCUT2D eigenvalue weighted by Gasteiger charge is -2.25. The Bertz CT molecular complexity index is 2990. The van der Waals surface area contributed by atoms with E-state index in [0.717, 1.165) is 74.2 Å². The quantitative estimate of drug-likeness (QED) is 0.147. The van der Waals surface area contributed by atoms with Crippen molar-refractivity contribution in [1.82, 2.24) is 14.5 Å². The molecular formula is C56H44N4. The van der Waals surface area contributed by atoms with Gasteiger partial charge in [-0.05, 0) is 110 Å². The maximum Gasteiger partial charge on any atom is 0.160 e. The van der Waals surface area contributed by atoms with E-state index in [4.69, 9.17) is 9.97 Å². The molecule has 288 valence electrons. The lowest BCUT2D eigenvalue weighted by Crippen LogP contribution is -2.09. The molecule has 0 spiro atoms. The molecule has 0 aliphatic carbocycles. The van der Waals surface area contributed by atoms with Crippen LogP contribution >= 0.6 is 0 Å². The average molecular weight is 773 g/mol. The molecular weight excluding hydrogens is 729 g/mol. The normalized spacial score (nSPS) is 11.3. The van der Waals surface area contributed by atoms with E-state index in [1.54, 1.807) is 0 Å². The number of anilines is 3. The summed E-state index contributed by atoms with van der Waals surface area (Å²) in [5.74, 6) is 0.722. The van der Waals surface area contributed by atoms with Crippen LogP contribution in [0.15, 0.2) is 200 Å². The molecule has 0 saturated carbocycles. The third-order valence-electron chi connectivity index (χ3n) is 11.5. The summed E-state index contributed by atoms with van der Waals surface area (Å²) < 4.78 is 2.41. The molecule has 0 aliphatic rings. The van der Waals surface area contributed by atoms with Gasteiger partial charge in [-0.15, -0.1) is 0 Å². The summed E-state index contributed by atoms with van der Waals surface area (Å²) in [6.07, 6.45) is 0.981. The topological polar surface area (TPSA) is 34.0 Å². The van der Waals surface area contributed by atoms with Crippen LogP contribution in [0.25, 0.3) is 72.5 Å². The highest BCUT2D eigenvalue weighted by atomic mass is 15.1. The van der Waals surface area contributed by atoms with Gasteiger partial charge in [-0.25, -0.2) is 9.97 Å². The van der Waals surface area contributed by atoms with Crippen LogP contribution in [0.2, 0.25) is 0 Å². The predicted octanol–water partition coefficient (Wildman–Crippen LogP) is 14.9. The van der Waals surface area contributed by atoms with Crippen LogP contribution in [0.1, 0.15) is 23.6 Å². The highest BCUT2D eigenvalue weighted by Gasteiger charge is 2.18. The third-order valence-corrected chi connectivity index (χ3v) is 11.5. The maximum atomic E-state index is 5.08. The summed E-state index contributed by atoms with van der Waals surface area (Å²) in [7, 11) is 0. The fourth-order valence-electron chi connectivity index (χ4n) is 8.23. The molecule has 2 heterocycles. The molecule has 60 heavy (non-hydrogen) atoms. The number of hydrogen-bond acceptors (Lipinski definition) is 3. The van der Waals surface area contributed by atoms with Crippen LogP contribution in [0.4, 0.5) is 17.1 Å². The molecule has 0 N–H and O–H groups in total. The molecule has 0 atom stereocenters. The second kappa shape index (κ2) is 15.7. The molecule has 4 heteroatoms. The Morgan fingerprint density at radius 3 is 1.43 bits per heavy atom. The Morgan fingerprint density at radius 1 is 0.417 bits per heavy atom. The smallest absolute Gasteiger partial charge is 0.160 e. The average Bonchev–Trinajstić information content (AvgIpc) is 3.63. The molecule has 2 aromatic heterocycles. The zero-order chi connectivity index (χ0) is 40.6. The van der Waals surface area contributed by atoms with Crippen molar-refractivity contribution in [3.63, 3.8) is 0 Å². The SMILES string of the molecule is CCc1ccc2c(c1)c1cc(N(c3ccccc3)c3ccccc3)ccc1n2-c1ccc(-c2ccc(-c3cc(-c4ccc(C)cc4)nc(-c4ccc(C)cc4)n3)cc2)cc1. The van der Waals surface area contributed by atoms with Crippen molar-refractivity contribution in [3.8, 4) is 50.7 Å². The molecule has 0 bridgehead atoms. The number of benzene rings is 8. The number of aromatic nitrogens is 3. The van der Waals surface area contributed by atoms with Gasteiger partial charge in [0.05, 0.1) is 22.4 Å². The Kier molecular flexibility index (Phi) is 9.59. The van der Waals surface area contributed by atoms with Gasteiger partial charge in [0.15, 0.2) is 5.82 Å². The minimum absolute atomic E-state index is 0.722. The van der Waals surface area contributed by atoms with E-state index in [1.807, 2.05) is 0 Å². The van der Waals surface area contributed by atoms with Crippen molar-refractivity contribution >= 4 is 38.9 Å². The first kappa shape index (κ1) is 36.8. The minimum Gasteiger partial charge on any atom is -0.310 e. The standard InChI is InChI=1S/C56H44N4/c1-4-40-19-33-54-50(35-40)51-36-49(59(46-11-7-5-8-12-46)47-13-9-6-10-14-47)32-34-55(51)60(54)48-30-28-42(29-31-48)41-24-26-44(27-25-41)53-37-52(43-20-15-38(2)16-21-43)57-56(58-53)45-22-17-39(3)18-23-45/h5-37H,4H2,1-3H3. The number of fused-ring (bicyclic) bond motifs is 3. The summed E-state index contributed by atoms with van der Waals surface area (Å²) >= 11 is 0. The van der Waals surface area contributed by atoms with Crippen molar-refractivity contribution in [2.24, 2.45) is 0 Å². The molecule has 10 aromatic rings. The number of hydrogen-bond donors (Lipinski definition) is 0. The largest absolute Gasteiger partial charge is 0.310 e. The Hall–Kier alpha value is -7.56. The van der Waals surface area contributed by atoms with E-state index in [9.17, 15) is 0 Å². The van der Waals surface area contributed by atoms with Gasteiger partial charge in [0, 0.05) is 50.2 Å². The second-order valence-corrected chi connectivity index (χ2v) is 15.6. The molecule has 0 amide bonds. The van der Waals surface area contributed by atoms with E-state index < -0.39 is 0 Å². The van der Waals surface area contributed by atoms with Gasteiger partial charge in [0.2, 0.25) is 0 Å². The van der Waals surface area contributed by atoms with Crippen LogP contribution in [-0.2, 0) is 6.42 Å². The molecule has 8 aromatic carbocycles. The molecule has 0 radical (unpaired) electrons. The van der Waals surface area contributed by atoms with E-state index in [-0.39, 0.29) is 0 Å². The van der Waals surface area contributed by atoms with Crippen LogP contribution in [-0.4, -0.2) is 14.5 Å². The summed E-state index contributed by atoms with van der Waals surface area (Å²) in [6, 6.07) is 71.8. The summed E-state index contributed by atoms with van der Waals surface area (Å²) in [5.41, 5.74) is 17.9. The van der Waals surface area contributed by atoms with E-state index in [0.29, 0.717) is 0 Å². The van der Waals surface area contributed by atoms with Crippen LogP contribution < -0.4 is 4.90 Å². The van der Waals surface area contributed by atoms with Crippen molar-refractivity contribution in [3.05, 3.63) is 217 Å². The Labute approximate surface area is 351 Å². The minimum atomic E-state index is 0.722. The van der Waals surface area contributed by atoms with Crippen molar-refractivity contribution in [1.29, 1.82) is 0 Å². The first-order chi connectivity index (χ1) is 29.5. The van der Waals surface area contributed by atoms with Gasteiger partial charge >= 0.3 is 0 Å². The first-order valence-electron chi connectivity index (χ1n) is 20.7. The fraction of sp³-hybridized carbons (Fsp3) is 0.0714. The molecule has 4 nitrogen and oxygen atoms in total. The molecule has 0 aliphatic heterocycles. The number of aryl methyl sites for hydroxylation is 3. The monoisotopic (exact) mass is 772 g/mol. The van der Waals surface area contributed by atoms with Crippen LogP contribution in [0.5, 0.6) is 0 Å². The van der Waals surface area contributed by atoms with Gasteiger partial charge in [-0.2, -0.15) is 0 Å². The van der Waals surface area contributed by atoms with Crippen molar-refractivity contribution < 1.29 is 0 Å². The Balaban J connectivity index is 1.01. The van der Waals surface area contributed by atoms with Crippen LogP contribution in [0.3, 0.4) is 0 Å². The number of nitrogens with zero attached hydrogens (tertiary/aromatic N) is 4. The lowest BCUT2D eigenvalue weighted by atomic mass is 10.0. The summed E-state index contributed by atoms with van der Waals surface area (Å²) in [4.78, 5) is 12.4. The van der Waals surface area contributed by atoms with Crippen molar-refractivity contribution in [2.75, 3.05) is 4.90 Å². The van der Waals surface area contributed by atoms with E-state index in [1.165, 1.54) is 38.5 Å². The number of para-hydroxylation sites is 2. The van der Waals surface area contributed by atoms with Gasteiger partial charge < -0.3 is 9.47 Å². The number of rotatable bonds is 9. The predicted molar refractivity (Wildman–Crippen MR) is 252 cm³/mol. The molecule has 0 saturated heterocycles. The van der Waals surface area contributed by atoms with E-state index in [2.05, 4.69) is 230 Å².